The summed E-state index contributed by atoms with van der Waals surface area (Å²) in [5.41, 5.74) is 1.67. The van der Waals surface area contributed by atoms with Crippen molar-refractivity contribution in [2.75, 3.05) is 0 Å². The first-order valence-electron chi connectivity index (χ1n) is 2.66. The van der Waals surface area contributed by atoms with E-state index in [1.165, 1.54) is 6.39 Å². The molecule has 1 heterocycles. The molecule has 1 aromatic heterocycles. The minimum atomic E-state index is 0.814. The van der Waals surface area contributed by atoms with Crippen LogP contribution in [0, 0.1) is 6.07 Å². The first kappa shape index (κ1) is 4.56. The van der Waals surface area contributed by atoms with E-state index < -0.39 is 0 Å². The molecule has 1 radical (unpaired) electrons. The molecular formula is C7H4NO. The summed E-state index contributed by atoms with van der Waals surface area (Å²) >= 11 is 0. The number of fused-ring (bicyclic) bond motifs is 1. The van der Waals surface area contributed by atoms with Crippen LogP contribution in [0.2, 0.25) is 0 Å². The topological polar surface area (TPSA) is 26.0 Å². The van der Waals surface area contributed by atoms with Crippen LogP contribution < -0.4 is 0 Å². The molecule has 0 atom stereocenters. The lowest BCUT2D eigenvalue weighted by Gasteiger charge is -1.78. The largest absolute Gasteiger partial charge is 0.443 e. The van der Waals surface area contributed by atoms with E-state index in [2.05, 4.69) is 11.1 Å². The number of hydrogen-bond donors (Lipinski definition) is 0. The van der Waals surface area contributed by atoms with Crippen molar-refractivity contribution in [3.05, 3.63) is 30.7 Å². The van der Waals surface area contributed by atoms with Gasteiger partial charge in [-0.05, 0) is 18.2 Å². The van der Waals surface area contributed by atoms with Gasteiger partial charge in [-0.3, -0.25) is 0 Å². The molecule has 0 fully saturated rings. The van der Waals surface area contributed by atoms with Crippen LogP contribution in [0.25, 0.3) is 11.1 Å². The lowest BCUT2D eigenvalue weighted by Crippen LogP contribution is -1.62. The van der Waals surface area contributed by atoms with Crippen molar-refractivity contribution in [3.63, 3.8) is 0 Å². The molecule has 0 aliphatic carbocycles. The number of oxazole rings is 1. The Hall–Kier alpha value is -1.31. The van der Waals surface area contributed by atoms with Gasteiger partial charge in [0.05, 0.1) is 0 Å². The summed E-state index contributed by atoms with van der Waals surface area (Å²) in [4.78, 5) is 3.92. The highest BCUT2D eigenvalue weighted by Crippen LogP contribution is 2.08. The van der Waals surface area contributed by atoms with Crippen molar-refractivity contribution >= 4 is 11.1 Å². The predicted molar refractivity (Wildman–Crippen MR) is 32.8 cm³/mol. The van der Waals surface area contributed by atoms with Crippen LogP contribution in [0.4, 0.5) is 0 Å². The van der Waals surface area contributed by atoms with Gasteiger partial charge in [0.25, 0.3) is 0 Å². The van der Waals surface area contributed by atoms with Crippen LogP contribution in [0.5, 0.6) is 0 Å². The number of benzene rings is 1. The Balaban J connectivity index is 2.95. The van der Waals surface area contributed by atoms with Crippen LogP contribution in [0.15, 0.2) is 29.0 Å². The zero-order chi connectivity index (χ0) is 6.10. The molecule has 0 bridgehead atoms. The molecular weight excluding hydrogens is 114 g/mol. The average Bonchev–Trinajstić information content (AvgIpc) is 2.33. The zero-order valence-corrected chi connectivity index (χ0v) is 4.66. The third-order valence-electron chi connectivity index (χ3n) is 1.17. The van der Waals surface area contributed by atoms with Gasteiger partial charge in [0.1, 0.15) is 5.52 Å². The van der Waals surface area contributed by atoms with Gasteiger partial charge in [0.15, 0.2) is 12.0 Å². The molecule has 0 saturated carbocycles. The Morgan fingerprint density at radius 3 is 3.44 bits per heavy atom. The fourth-order valence-corrected chi connectivity index (χ4v) is 0.748. The Labute approximate surface area is 52.1 Å². The van der Waals surface area contributed by atoms with E-state index in [0.29, 0.717) is 0 Å². The molecule has 0 N–H and O–H groups in total. The third-order valence-corrected chi connectivity index (χ3v) is 1.17. The fraction of sp³-hybridized carbons (Fsp3) is 0. The average molecular weight is 118 g/mol. The monoisotopic (exact) mass is 118 g/mol. The van der Waals surface area contributed by atoms with E-state index in [9.17, 15) is 0 Å². The second-order valence-electron chi connectivity index (χ2n) is 1.75. The molecule has 0 spiro atoms. The summed E-state index contributed by atoms with van der Waals surface area (Å²) in [5, 5.41) is 0. The predicted octanol–water partition coefficient (Wildman–Crippen LogP) is 1.63. The molecule has 0 aliphatic heterocycles. The molecule has 0 unspecified atom stereocenters. The lowest BCUT2D eigenvalue weighted by molar-refractivity contribution is 0.602. The van der Waals surface area contributed by atoms with E-state index in [1.807, 2.05) is 6.07 Å². The van der Waals surface area contributed by atoms with Gasteiger partial charge in [-0.25, -0.2) is 4.98 Å². The second kappa shape index (κ2) is 1.58. The molecule has 2 aromatic rings. The number of nitrogens with zero attached hydrogens (tertiary/aromatic N) is 1. The highest BCUT2D eigenvalue weighted by atomic mass is 16.3. The summed E-state index contributed by atoms with van der Waals surface area (Å²) in [6.07, 6.45) is 1.43. The number of aromatic nitrogens is 1. The first-order chi connectivity index (χ1) is 4.47. The van der Waals surface area contributed by atoms with Crippen molar-refractivity contribution in [2.45, 2.75) is 0 Å². The van der Waals surface area contributed by atoms with Gasteiger partial charge in [0.2, 0.25) is 0 Å². The molecule has 2 heteroatoms. The van der Waals surface area contributed by atoms with Crippen molar-refractivity contribution in [3.8, 4) is 0 Å². The van der Waals surface area contributed by atoms with Crippen LogP contribution in [-0.4, -0.2) is 4.98 Å². The smallest absolute Gasteiger partial charge is 0.181 e. The summed E-state index contributed by atoms with van der Waals surface area (Å²) in [6, 6.07) is 8.32. The van der Waals surface area contributed by atoms with Crippen molar-refractivity contribution in [1.82, 2.24) is 4.98 Å². The van der Waals surface area contributed by atoms with E-state index in [0.717, 1.165) is 11.1 Å². The summed E-state index contributed by atoms with van der Waals surface area (Å²) in [6.45, 7) is 0. The molecule has 43 valence electrons. The molecule has 9 heavy (non-hydrogen) atoms. The highest BCUT2D eigenvalue weighted by Gasteiger charge is 1.91. The van der Waals surface area contributed by atoms with E-state index in [4.69, 9.17) is 4.42 Å². The fourth-order valence-electron chi connectivity index (χ4n) is 0.748. The minimum absolute atomic E-state index is 0.814. The van der Waals surface area contributed by atoms with Crippen LogP contribution in [0.3, 0.4) is 0 Å². The summed E-state index contributed by atoms with van der Waals surface area (Å²) in [5.74, 6) is 0. The SMILES string of the molecule is [c]1ccc2ocnc2c1. The number of rotatable bonds is 0. The Morgan fingerprint density at radius 1 is 1.56 bits per heavy atom. The maximum atomic E-state index is 4.99. The zero-order valence-electron chi connectivity index (χ0n) is 4.66. The molecule has 2 rings (SSSR count). The van der Waals surface area contributed by atoms with Crippen LogP contribution >= 0.6 is 0 Å². The quantitative estimate of drug-likeness (QED) is 0.525. The summed E-state index contributed by atoms with van der Waals surface area (Å²) in [7, 11) is 0. The van der Waals surface area contributed by atoms with Gasteiger partial charge in [-0.2, -0.15) is 0 Å². The van der Waals surface area contributed by atoms with E-state index in [1.54, 1.807) is 12.1 Å². The molecule has 0 aliphatic rings. The van der Waals surface area contributed by atoms with Crippen molar-refractivity contribution in [1.29, 1.82) is 0 Å². The Bertz CT molecular complexity index is 283. The summed E-state index contributed by atoms with van der Waals surface area (Å²) < 4.78 is 4.99. The van der Waals surface area contributed by atoms with Gasteiger partial charge in [-0.15, -0.1) is 0 Å². The lowest BCUT2D eigenvalue weighted by atomic mass is 10.3. The number of hydrogen-bond acceptors (Lipinski definition) is 2. The van der Waals surface area contributed by atoms with Crippen LogP contribution in [-0.2, 0) is 0 Å². The maximum Gasteiger partial charge on any atom is 0.181 e. The second-order valence-corrected chi connectivity index (χ2v) is 1.75. The molecule has 1 aromatic carbocycles. The third kappa shape index (κ3) is 0.598. The Kier molecular flexibility index (Phi) is 0.803. The van der Waals surface area contributed by atoms with Gasteiger partial charge in [-0.1, -0.05) is 6.07 Å². The Morgan fingerprint density at radius 2 is 2.56 bits per heavy atom. The van der Waals surface area contributed by atoms with Crippen molar-refractivity contribution in [2.24, 2.45) is 0 Å². The van der Waals surface area contributed by atoms with E-state index >= 15 is 0 Å². The highest BCUT2D eigenvalue weighted by molar-refractivity contribution is 5.71. The van der Waals surface area contributed by atoms with E-state index in [-0.39, 0.29) is 0 Å². The van der Waals surface area contributed by atoms with Crippen LogP contribution in [0.1, 0.15) is 0 Å². The molecule has 0 amide bonds. The van der Waals surface area contributed by atoms with Crippen molar-refractivity contribution < 1.29 is 4.42 Å². The molecule has 2 nitrogen and oxygen atoms in total. The van der Waals surface area contributed by atoms with Gasteiger partial charge >= 0.3 is 0 Å². The normalized spacial score (nSPS) is 10.2. The first-order valence-corrected chi connectivity index (χ1v) is 2.66. The van der Waals surface area contributed by atoms with Gasteiger partial charge in [0, 0.05) is 0 Å². The minimum Gasteiger partial charge on any atom is -0.443 e. The molecule has 0 saturated heterocycles. The van der Waals surface area contributed by atoms with Gasteiger partial charge < -0.3 is 4.42 Å². The maximum absolute atomic E-state index is 4.99. The standard InChI is InChI=1S/C7H4NO/c1-2-4-7-6(3-1)8-5-9-7/h2-5H.